The summed E-state index contributed by atoms with van der Waals surface area (Å²) in [5.41, 5.74) is 0. The predicted molar refractivity (Wildman–Crippen MR) is 51.6 cm³/mol. The van der Waals surface area contributed by atoms with Crippen molar-refractivity contribution in [2.24, 2.45) is 0 Å². The first kappa shape index (κ1) is 50.9. The van der Waals surface area contributed by atoms with E-state index in [0.29, 0.717) is 0 Å². The van der Waals surface area contributed by atoms with Crippen LogP contribution in [0.25, 0.3) is 0 Å². The minimum atomic E-state index is -5.50. The number of hydrogen-bond acceptors (Lipinski definition) is 19. The first-order chi connectivity index (χ1) is 12.0. The van der Waals surface area contributed by atoms with Crippen molar-refractivity contribution in [3.63, 3.8) is 0 Å². The molecule has 0 heterocycles. The molecule has 21 N–H and O–H groups in total. The van der Waals surface area contributed by atoms with Gasteiger partial charge >= 0.3 is 195 Å². The Morgan fingerprint density at radius 3 is 0.226 bits per heavy atom. The topological polar surface area (TPSA) is 399 Å². The molecular weight excluding hydrogens is 703 g/mol. The molecule has 31 heavy (non-hydrogen) atoms. The molecule has 0 aliphatic heterocycles. The van der Waals surface area contributed by atoms with E-state index in [9.17, 15) is 18.6 Å². The van der Waals surface area contributed by atoms with Gasteiger partial charge in [-0.2, -0.15) is 0 Å². The van der Waals surface area contributed by atoms with Crippen molar-refractivity contribution in [3.05, 3.63) is 0 Å². The fraction of sp³-hybridized carbons (Fsp3) is 0. The monoisotopic (exact) mass is 725 g/mol. The van der Waals surface area contributed by atoms with Crippen LogP contribution in [0.1, 0.15) is 0 Å². The molecule has 0 rings (SSSR count). The van der Waals surface area contributed by atoms with Crippen molar-refractivity contribution in [2.75, 3.05) is 0 Å². The first-order valence-corrected chi connectivity index (χ1v) is 21.3. The second kappa shape index (κ2) is 22.3. The molecule has 0 saturated carbocycles. The van der Waals surface area contributed by atoms with E-state index in [2.05, 4.69) is 0 Å². The van der Waals surface area contributed by atoms with Crippen LogP contribution in [0.3, 0.4) is 0 Å². The molecule has 0 atom stereocenters. The van der Waals surface area contributed by atoms with Gasteiger partial charge in [-0.1, -0.05) is 0 Å². The Bertz CT molecular complexity index is 234. The van der Waals surface area contributed by atoms with Gasteiger partial charge < -0.3 is 6.15 Å². The quantitative estimate of drug-likeness (QED) is 0.0814. The van der Waals surface area contributed by atoms with Crippen LogP contribution in [0.4, 0.5) is 18.6 Å². The van der Waals surface area contributed by atoms with Gasteiger partial charge in [0, 0.05) is 0 Å². The Kier molecular flexibility index (Phi) is 36.6. The summed E-state index contributed by atoms with van der Waals surface area (Å²) in [5, 5.41) is 0. The third-order valence-electron chi connectivity index (χ3n) is 0. The normalized spacial score (nSPS) is 11.6. The maximum absolute atomic E-state index is 10.5. The van der Waals surface area contributed by atoms with Crippen LogP contribution in [-0.4, -0.2) is 66.4 Å². The van der Waals surface area contributed by atoms with Gasteiger partial charge in [0.05, 0.1) is 0 Å². The number of hydrogen-bond donors (Lipinski definition) is 19. The van der Waals surface area contributed by atoms with Gasteiger partial charge in [0.2, 0.25) is 0 Å². The van der Waals surface area contributed by atoms with Gasteiger partial charge in [-0.05, 0) is 0 Å². The minimum absolute atomic E-state index is 0. The Morgan fingerprint density at radius 2 is 0.226 bits per heavy atom. The van der Waals surface area contributed by atoms with E-state index in [1.807, 2.05) is 0 Å². The summed E-state index contributed by atoms with van der Waals surface area (Å²) < 4.78 is 192. The Morgan fingerprint density at radius 1 is 0.226 bits per heavy atom. The van der Waals surface area contributed by atoms with Gasteiger partial charge in [-0.3, -0.25) is 0 Å². The zero-order valence-corrected chi connectivity index (χ0v) is 23.4. The molecule has 0 aromatic heterocycles. The summed E-state index contributed by atoms with van der Waals surface area (Å²) >= 11 is -33.0. The van der Waals surface area contributed by atoms with Crippen molar-refractivity contribution in [2.45, 2.75) is 0 Å². The maximum atomic E-state index is 10.5. The molecule has 0 bridgehead atoms. The second-order valence-electron chi connectivity index (χ2n) is 3.32. The Labute approximate surface area is 198 Å². The van der Waals surface area contributed by atoms with Crippen LogP contribution in [-0.2, 0) is 110 Å². The zero-order valence-electron chi connectivity index (χ0n) is 14.0. The fourth-order valence-electron chi connectivity index (χ4n) is 0. The molecule has 19 nitrogen and oxygen atoms in total. The SMILES string of the molecule is N.[OH][Ti]([OH])([OH])[F].[OH][Ti]([OH])([OH])[F].[OH][Ti]([OH])([OH])[F].[OH][Ti]([OH])([OH])[F].[OH][Ti]([OH])([OH])[F].[OH][Ti]([OH])([OH])[F]. The van der Waals surface area contributed by atoms with E-state index in [0.717, 1.165) is 0 Å². The molecule has 31 heteroatoms. The van der Waals surface area contributed by atoms with Crippen LogP contribution in [0.5, 0.6) is 0 Å². The Hall–Kier alpha value is 3.11. The molecule has 0 aliphatic carbocycles. The molecule has 0 radical (unpaired) electrons. The van der Waals surface area contributed by atoms with Crippen molar-refractivity contribution in [1.29, 1.82) is 0 Å². The molecule has 0 aromatic rings. The molecule has 0 saturated heterocycles. The van der Waals surface area contributed by atoms with Crippen LogP contribution >= 0.6 is 0 Å². The molecule has 200 valence electrons. The van der Waals surface area contributed by atoms with Crippen molar-refractivity contribution in [3.8, 4) is 0 Å². The molecule has 0 amide bonds. The fourth-order valence-corrected chi connectivity index (χ4v) is 0. The van der Waals surface area contributed by atoms with Gasteiger partial charge in [0.1, 0.15) is 0 Å². The summed E-state index contributed by atoms with van der Waals surface area (Å²) in [6.45, 7) is 0. The van der Waals surface area contributed by atoms with Crippen LogP contribution in [0.2, 0.25) is 0 Å². The number of rotatable bonds is 0. The van der Waals surface area contributed by atoms with Gasteiger partial charge in [0.15, 0.2) is 0 Å². The molecule has 0 unspecified atom stereocenters. The van der Waals surface area contributed by atoms with Gasteiger partial charge in [-0.15, -0.1) is 0 Å². The predicted octanol–water partition coefficient (Wildman–Crippen LogP) is -7.36. The summed E-state index contributed by atoms with van der Waals surface area (Å²) in [6.07, 6.45) is 0. The van der Waals surface area contributed by atoms with Crippen LogP contribution in [0.15, 0.2) is 0 Å². The zero-order chi connectivity index (χ0) is 27.0. The Balaban J connectivity index is -0.0000000443. The van der Waals surface area contributed by atoms with E-state index in [-0.39, 0.29) is 6.15 Å². The molecule has 0 aliphatic rings. The van der Waals surface area contributed by atoms with E-state index in [1.54, 1.807) is 0 Å². The van der Waals surface area contributed by atoms with Crippen molar-refractivity contribution >= 4 is 0 Å². The summed E-state index contributed by atoms with van der Waals surface area (Å²) in [5.74, 6) is 0. The summed E-state index contributed by atoms with van der Waals surface area (Å²) in [6, 6.07) is 0. The molecular formula is H21F6NO18Ti6. The molecule has 0 fully saturated rings. The van der Waals surface area contributed by atoms with E-state index < -0.39 is 110 Å². The van der Waals surface area contributed by atoms with Crippen molar-refractivity contribution in [1.82, 2.24) is 6.15 Å². The standard InChI is InChI=1S/6FH.H3N.18H2O.6Ti/h6*1H;1H3;18*1H2;;;;;;/q;;;;;;;;;;;;;;;;;;;;;;;;;6*+4/p-24. The van der Waals surface area contributed by atoms with E-state index in [4.69, 9.17) is 66.4 Å². The van der Waals surface area contributed by atoms with Crippen LogP contribution < -0.4 is 6.15 Å². The van der Waals surface area contributed by atoms with Crippen LogP contribution in [0, 0.1) is 0 Å². The van der Waals surface area contributed by atoms with Gasteiger partial charge in [-0.25, -0.2) is 0 Å². The third-order valence-corrected chi connectivity index (χ3v) is 0. The van der Waals surface area contributed by atoms with Crippen molar-refractivity contribution < 1.29 is 195 Å². The van der Waals surface area contributed by atoms with E-state index in [1.165, 1.54) is 0 Å². The summed E-state index contributed by atoms with van der Waals surface area (Å²) in [7, 11) is 0. The van der Waals surface area contributed by atoms with Gasteiger partial charge in [0.25, 0.3) is 0 Å². The third kappa shape index (κ3) is 3320. The number of halogens is 6. The first-order valence-electron chi connectivity index (χ1n) is 5.16. The second-order valence-corrected chi connectivity index (χ2v) is 13.7. The average Bonchev–Trinajstić information content (AvgIpc) is 1.94. The van der Waals surface area contributed by atoms with E-state index >= 15 is 0 Å². The molecule has 0 spiro atoms. The summed E-state index contributed by atoms with van der Waals surface area (Å²) in [4.78, 5) is 0. The molecule has 0 aromatic carbocycles. The average molecular weight is 724 g/mol.